The topological polar surface area (TPSA) is 29.3 Å². The molecule has 19 heavy (non-hydrogen) atoms. The van der Waals surface area contributed by atoms with Gasteiger partial charge < -0.3 is 5.73 Å². The Labute approximate surface area is 119 Å². The van der Waals surface area contributed by atoms with Crippen molar-refractivity contribution < 1.29 is 0 Å². The Bertz CT molecular complexity index is 515. The van der Waals surface area contributed by atoms with E-state index in [1.165, 1.54) is 40.8 Å². The number of likely N-dealkylation sites (tertiary alicyclic amines) is 1. The second-order valence-corrected chi connectivity index (χ2v) is 6.60. The summed E-state index contributed by atoms with van der Waals surface area (Å²) in [6.07, 6.45) is 3.90. The van der Waals surface area contributed by atoms with Crippen LogP contribution < -0.4 is 5.73 Å². The van der Waals surface area contributed by atoms with Crippen LogP contribution in [0.5, 0.6) is 0 Å². The average Bonchev–Trinajstić information content (AvgIpc) is 2.90. The number of fused-ring (bicyclic) bond motifs is 1. The first-order valence-electron chi connectivity index (χ1n) is 7.24. The van der Waals surface area contributed by atoms with Gasteiger partial charge in [0, 0.05) is 28.2 Å². The molecule has 1 aliphatic heterocycles. The van der Waals surface area contributed by atoms with Crippen molar-refractivity contribution >= 4 is 21.4 Å². The molecule has 1 aromatic carbocycles. The molecule has 1 aromatic heterocycles. The molecule has 1 saturated heterocycles. The van der Waals surface area contributed by atoms with Crippen LogP contribution in [0, 0.1) is 0 Å². The molecule has 3 rings (SSSR count). The summed E-state index contributed by atoms with van der Waals surface area (Å²) >= 11 is 1.93. The highest BCUT2D eigenvalue weighted by Gasteiger charge is 2.27. The lowest BCUT2D eigenvalue weighted by Crippen LogP contribution is -2.45. The second kappa shape index (κ2) is 5.61. The van der Waals surface area contributed by atoms with E-state index in [2.05, 4.69) is 42.2 Å². The van der Waals surface area contributed by atoms with E-state index in [1.54, 1.807) is 0 Å². The van der Waals surface area contributed by atoms with Gasteiger partial charge >= 0.3 is 0 Å². The van der Waals surface area contributed by atoms with E-state index in [1.807, 2.05) is 11.3 Å². The van der Waals surface area contributed by atoms with Gasteiger partial charge in [0.25, 0.3) is 0 Å². The minimum atomic E-state index is 0.492. The van der Waals surface area contributed by atoms with Crippen molar-refractivity contribution in [2.75, 3.05) is 13.1 Å². The maximum atomic E-state index is 5.95. The number of nitrogens with two attached hydrogens (primary N) is 1. The normalized spacial score (nSPS) is 22.7. The summed E-state index contributed by atoms with van der Waals surface area (Å²) in [7, 11) is 0. The van der Waals surface area contributed by atoms with E-state index < -0.39 is 0 Å². The maximum Gasteiger partial charge on any atom is 0.0417 e. The fourth-order valence-corrected chi connectivity index (χ4v) is 4.29. The number of hydrogen-bond acceptors (Lipinski definition) is 3. The molecule has 2 heterocycles. The molecule has 1 aliphatic rings. The molecule has 3 heteroatoms. The van der Waals surface area contributed by atoms with E-state index in [9.17, 15) is 0 Å². The molecule has 1 fully saturated rings. The first-order valence-corrected chi connectivity index (χ1v) is 8.05. The van der Waals surface area contributed by atoms with Gasteiger partial charge in [0.15, 0.2) is 0 Å². The third-order valence-electron chi connectivity index (χ3n) is 4.30. The summed E-state index contributed by atoms with van der Waals surface area (Å²) in [5, 5.41) is 1.37. The zero-order valence-electron chi connectivity index (χ0n) is 11.5. The number of nitrogens with zero attached hydrogens (tertiary/aromatic N) is 1. The summed E-state index contributed by atoms with van der Waals surface area (Å²) in [6.45, 7) is 4.31. The fraction of sp³-hybridized carbons (Fsp3) is 0.500. The quantitative estimate of drug-likeness (QED) is 0.923. The Balaban J connectivity index is 1.87. The van der Waals surface area contributed by atoms with E-state index in [4.69, 9.17) is 5.73 Å². The van der Waals surface area contributed by atoms with E-state index in [0.717, 1.165) is 6.54 Å². The number of thiophene rings is 1. The lowest BCUT2D eigenvalue weighted by molar-refractivity contribution is 0.110. The molecule has 0 aliphatic carbocycles. The molecule has 0 spiro atoms. The van der Waals surface area contributed by atoms with Crippen LogP contribution in [0.3, 0.4) is 0 Å². The second-order valence-electron chi connectivity index (χ2n) is 5.49. The largest absolute Gasteiger partial charge is 0.329 e. The first-order chi connectivity index (χ1) is 9.29. The Morgan fingerprint density at radius 3 is 3.00 bits per heavy atom. The van der Waals surface area contributed by atoms with Crippen LogP contribution in [-0.2, 0) is 0 Å². The predicted octanol–water partition coefficient (Wildman–Crippen LogP) is 3.78. The summed E-state index contributed by atoms with van der Waals surface area (Å²) in [5.74, 6) is 0. The Morgan fingerprint density at radius 1 is 1.37 bits per heavy atom. The molecule has 2 aromatic rings. The highest BCUT2D eigenvalue weighted by atomic mass is 32.1. The van der Waals surface area contributed by atoms with Crippen LogP contribution in [0.1, 0.15) is 37.1 Å². The third kappa shape index (κ3) is 2.55. The predicted molar refractivity (Wildman–Crippen MR) is 83.6 cm³/mol. The number of hydrogen-bond donors (Lipinski definition) is 1. The zero-order chi connectivity index (χ0) is 13.2. The smallest absolute Gasteiger partial charge is 0.0417 e. The highest BCUT2D eigenvalue weighted by Crippen LogP contribution is 2.35. The summed E-state index contributed by atoms with van der Waals surface area (Å²) < 4.78 is 1.39. The van der Waals surface area contributed by atoms with Gasteiger partial charge in [-0.3, -0.25) is 4.90 Å². The van der Waals surface area contributed by atoms with Gasteiger partial charge in [0.1, 0.15) is 0 Å². The fourth-order valence-electron chi connectivity index (χ4n) is 3.16. The monoisotopic (exact) mass is 274 g/mol. The molecule has 2 unspecified atom stereocenters. The molecule has 2 N–H and O–H groups in total. The highest BCUT2D eigenvalue weighted by molar-refractivity contribution is 7.19. The lowest BCUT2D eigenvalue weighted by Gasteiger charge is -2.39. The summed E-state index contributed by atoms with van der Waals surface area (Å²) in [6, 6.07) is 12.1. The first kappa shape index (κ1) is 13.1. The van der Waals surface area contributed by atoms with Gasteiger partial charge in [0.05, 0.1) is 0 Å². The molecule has 2 nitrogen and oxygen atoms in total. The standard InChI is InChI=1S/C16H22N2S/c1-12(18-9-5-4-7-14(18)11-17)16-10-13-6-2-3-8-15(13)19-16/h2-3,6,8,10,12,14H,4-5,7,9,11,17H2,1H3. The van der Waals surface area contributed by atoms with Gasteiger partial charge in [-0.1, -0.05) is 24.6 Å². The SMILES string of the molecule is CC(c1cc2ccccc2s1)N1CCCCC1CN. The minimum absolute atomic E-state index is 0.492. The molecule has 0 bridgehead atoms. The Kier molecular flexibility index (Phi) is 3.87. The minimum Gasteiger partial charge on any atom is -0.329 e. The lowest BCUT2D eigenvalue weighted by atomic mass is 9.99. The Morgan fingerprint density at radius 2 is 2.21 bits per heavy atom. The number of benzene rings is 1. The average molecular weight is 274 g/mol. The van der Waals surface area contributed by atoms with Gasteiger partial charge in [-0.2, -0.15) is 0 Å². The van der Waals surface area contributed by atoms with Crippen molar-refractivity contribution in [2.24, 2.45) is 5.73 Å². The molecular weight excluding hydrogens is 252 g/mol. The van der Waals surface area contributed by atoms with Gasteiger partial charge in [0.2, 0.25) is 0 Å². The van der Waals surface area contributed by atoms with Crippen molar-refractivity contribution in [2.45, 2.75) is 38.3 Å². The van der Waals surface area contributed by atoms with Crippen molar-refractivity contribution in [3.63, 3.8) is 0 Å². The number of piperidine rings is 1. The van der Waals surface area contributed by atoms with Crippen LogP contribution in [0.4, 0.5) is 0 Å². The molecule has 102 valence electrons. The molecular formula is C16H22N2S. The summed E-state index contributed by atoms with van der Waals surface area (Å²) in [5.41, 5.74) is 5.95. The summed E-state index contributed by atoms with van der Waals surface area (Å²) in [4.78, 5) is 4.08. The van der Waals surface area contributed by atoms with Crippen LogP contribution in [0.15, 0.2) is 30.3 Å². The van der Waals surface area contributed by atoms with Crippen LogP contribution in [-0.4, -0.2) is 24.0 Å². The van der Waals surface area contributed by atoms with Crippen molar-refractivity contribution in [3.8, 4) is 0 Å². The Hall–Kier alpha value is -0.900. The van der Waals surface area contributed by atoms with Gasteiger partial charge in [-0.25, -0.2) is 0 Å². The van der Waals surface area contributed by atoms with E-state index in [-0.39, 0.29) is 0 Å². The van der Waals surface area contributed by atoms with Crippen molar-refractivity contribution in [3.05, 3.63) is 35.2 Å². The van der Waals surface area contributed by atoms with Crippen LogP contribution >= 0.6 is 11.3 Å². The third-order valence-corrected chi connectivity index (χ3v) is 5.58. The van der Waals surface area contributed by atoms with E-state index in [0.29, 0.717) is 12.1 Å². The molecule has 2 atom stereocenters. The van der Waals surface area contributed by atoms with Gasteiger partial charge in [-0.15, -0.1) is 11.3 Å². The van der Waals surface area contributed by atoms with Crippen molar-refractivity contribution in [1.82, 2.24) is 4.90 Å². The maximum absolute atomic E-state index is 5.95. The molecule has 0 saturated carbocycles. The van der Waals surface area contributed by atoms with Crippen molar-refractivity contribution in [1.29, 1.82) is 0 Å². The number of rotatable bonds is 3. The van der Waals surface area contributed by atoms with Crippen LogP contribution in [0.2, 0.25) is 0 Å². The van der Waals surface area contributed by atoms with Crippen LogP contribution in [0.25, 0.3) is 10.1 Å². The molecule has 0 amide bonds. The van der Waals surface area contributed by atoms with E-state index >= 15 is 0 Å². The van der Waals surface area contributed by atoms with Gasteiger partial charge in [-0.05, 0) is 43.8 Å². The zero-order valence-corrected chi connectivity index (χ0v) is 12.3. The molecule has 0 radical (unpaired) electrons.